The summed E-state index contributed by atoms with van der Waals surface area (Å²) in [6, 6.07) is 10.4. The third-order valence-electron chi connectivity index (χ3n) is 3.02. The second-order valence-corrected chi connectivity index (χ2v) is 5.47. The van der Waals surface area contributed by atoms with Gasteiger partial charge in [0, 0.05) is 11.8 Å². The summed E-state index contributed by atoms with van der Waals surface area (Å²) in [5.74, 6) is 0.550. The molecule has 102 valence electrons. The highest BCUT2D eigenvalue weighted by molar-refractivity contribution is 7.22. The van der Waals surface area contributed by atoms with Crippen molar-refractivity contribution in [3.63, 3.8) is 0 Å². The number of fused-ring (bicyclic) bond motifs is 1. The first kappa shape index (κ1) is 12.9. The van der Waals surface area contributed by atoms with Crippen LogP contribution in [0.5, 0.6) is 5.75 Å². The van der Waals surface area contributed by atoms with E-state index >= 15 is 0 Å². The summed E-state index contributed by atoms with van der Waals surface area (Å²) < 4.78 is 19.3. The molecule has 1 aromatic heterocycles. The van der Waals surface area contributed by atoms with Crippen molar-refractivity contribution in [3.05, 3.63) is 47.8 Å². The minimum Gasteiger partial charge on any atom is -0.497 e. The zero-order chi connectivity index (χ0) is 14.1. The number of ether oxygens (including phenoxy) is 1. The lowest BCUT2D eigenvalue weighted by Crippen LogP contribution is -1.93. The molecule has 0 aliphatic carbocycles. The maximum Gasteiger partial charge on any atom is 0.188 e. The standard InChI is InChI=1S/C15H13FN2OS/c1-9-7-11(19-2)4-5-12(9)17-15-18-13-8-10(16)3-6-14(13)20-15/h3-8H,1-2H3,(H,17,18). The Morgan fingerprint density at radius 2 is 2.05 bits per heavy atom. The van der Waals surface area contributed by atoms with Crippen LogP contribution in [0.4, 0.5) is 15.2 Å². The third kappa shape index (κ3) is 2.44. The van der Waals surface area contributed by atoms with Gasteiger partial charge in [0.05, 0.1) is 17.3 Å². The summed E-state index contributed by atoms with van der Waals surface area (Å²) in [6.45, 7) is 2.00. The predicted octanol–water partition coefficient (Wildman–Crippen LogP) is 4.50. The third-order valence-corrected chi connectivity index (χ3v) is 3.98. The van der Waals surface area contributed by atoms with Gasteiger partial charge >= 0.3 is 0 Å². The number of nitrogens with one attached hydrogen (secondary N) is 1. The molecule has 0 atom stereocenters. The number of methoxy groups -OCH3 is 1. The summed E-state index contributed by atoms with van der Waals surface area (Å²) in [7, 11) is 1.64. The van der Waals surface area contributed by atoms with Crippen LogP contribution in [0, 0.1) is 12.7 Å². The molecule has 0 unspecified atom stereocenters. The Morgan fingerprint density at radius 3 is 2.80 bits per heavy atom. The number of hydrogen-bond donors (Lipinski definition) is 1. The van der Waals surface area contributed by atoms with E-state index < -0.39 is 0 Å². The highest BCUT2D eigenvalue weighted by atomic mass is 32.1. The van der Waals surface area contributed by atoms with Crippen LogP contribution < -0.4 is 10.1 Å². The summed E-state index contributed by atoms with van der Waals surface area (Å²) >= 11 is 1.50. The van der Waals surface area contributed by atoms with Gasteiger partial charge in [0.1, 0.15) is 11.6 Å². The van der Waals surface area contributed by atoms with Gasteiger partial charge in [0.25, 0.3) is 0 Å². The number of thiazole rings is 1. The van der Waals surface area contributed by atoms with Gasteiger partial charge in [-0.25, -0.2) is 9.37 Å². The molecule has 0 aliphatic heterocycles. The van der Waals surface area contributed by atoms with Gasteiger partial charge in [0.15, 0.2) is 5.13 Å². The molecule has 3 rings (SSSR count). The van der Waals surface area contributed by atoms with Crippen LogP contribution in [0.1, 0.15) is 5.56 Å². The van der Waals surface area contributed by atoms with Gasteiger partial charge in [-0.3, -0.25) is 0 Å². The fraction of sp³-hybridized carbons (Fsp3) is 0.133. The van der Waals surface area contributed by atoms with Gasteiger partial charge in [-0.1, -0.05) is 11.3 Å². The Hall–Kier alpha value is -2.14. The average Bonchev–Trinajstić information content (AvgIpc) is 2.82. The Labute approximate surface area is 120 Å². The van der Waals surface area contributed by atoms with E-state index in [4.69, 9.17) is 4.74 Å². The van der Waals surface area contributed by atoms with Crippen molar-refractivity contribution >= 4 is 32.4 Å². The van der Waals surface area contributed by atoms with E-state index in [1.54, 1.807) is 13.2 Å². The van der Waals surface area contributed by atoms with Crippen molar-refractivity contribution in [2.24, 2.45) is 0 Å². The smallest absolute Gasteiger partial charge is 0.188 e. The average molecular weight is 288 g/mol. The van der Waals surface area contributed by atoms with Crippen LogP contribution in [0.15, 0.2) is 36.4 Å². The van der Waals surface area contributed by atoms with E-state index in [0.29, 0.717) is 5.52 Å². The minimum absolute atomic E-state index is 0.269. The van der Waals surface area contributed by atoms with Crippen LogP contribution in [-0.4, -0.2) is 12.1 Å². The summed E-state index contributed by atoms with van der Waals surface area (Å²) in [4.78, 5) is 4.39. The lowest BCUT2D eigenvalue weighted by molar-refractivity contribution is 0.414. The van der Waals surface area contributed by atoms with E-state index in [9.17, 15) is 4.39 Å². The summed E-state index contributed by atoms with van der Waals surface area (Å²) in [5.41, 5.74) is 2.70. The maximum atomic E-state index is 13.2. The van der Waals surface area contributed by atoms with E-state index in [1.165, 1.54) is 23.5 Å². The van der Waals surface area contributed by atoms with Crippen LogP contribution in [0.25, 0.3) is 10.2 Å². The lowest BCUT2D eigenvalue weighted by atomic mass is 10.2. The van der Waals surface area contributed by atoms with Crippen LogP contribution in [-0.2, 0) is 0 Å². The number of anilines is 2. The molecule has 0 saturated heterocycles. The zero-order valence-corrected chi connectivity index (χ0v) is 11.9. The lowest BCUT2D eigenvalue weighted by Gasteiger charge is -2.08. The van der Waals surface area contributed by atoms with Crippen molar-refractivity contribution in [1.82, 2.24) is 4.98 Å². The molecule has 0 radical (unpaired) electrons. The quantitative estimate of drug-likeness (QED) is 0.770. The van der Waals surface area contributed by atoms with E-state index in [-0.39, 0.29) is 5.82 Å². The molecular weight excluding hydrogens is 275 g/mol. The number of halogens is 1. The molecule has 0 fully saturated rings. The highest BCUT2D eigenvalue weighted by Crippen LogP contribution is 2.30. The largest absolute Gasteiger partial charge is 0.497 e. The van der Waals surface area contributed by atoms with Gasteiger partial charge in [-0.15, -0.1) is 0 Å². The normalized spacial score (nSPS) is 10.8. The van der Waals surface area contributed by atoms with Crippen molar-refractivity contribution in [2.45, 2.75) is 6.92 Å². The molecule has 0 amide bonds. The molecule has 1 heterocycles. The fourth-order valence-corrected chi connectivity index (χ4v) is 2.83. The van der Waals surface area contributed by atoms with E-state index in [2.05, 4.69) is 10.3 Å². The number of hydrogen-bond acceptors (Lipinski definition) is 4. The molecule has 1 N–H and O–H groups in total. The molecule has 0 spiro atoms. The first-order chi connectivity index (χ1) is 9.65. The van der Waals surface area contributed by atoms with Gasteiger partial charge in [-0.2, -0.15) is 0 Å². The van der Waals surface area contributed by atoms with E-state index in [0.717, 1.165) is 26.8 Å². The number of aryl methyl sites for hydroxylation is 1. The Kier molecular flexibility index (Phi) is 3.28. The predicted molar refractivity (Wildman–Crippen MR) is 80.6 cm³/mol. The van der Waals surface area contributed by atoms with Crippen LogP contribution in [0.2, 0.25) is 0 Å². The van der Waals surface area contributed by atoms with Crippen LogP contribution >= 0.6 is 11.3 Å². The minimum atomic E-state index is -0.269. The Balaban J connectivity index is 1.92. The molecule has 5 heteroatoms. The first-order valence-electron chi connectivity index (χ1n) is 6.13. The maximum absolute atomic E-state index is 13.2. The monoisotopic (exact) mass is 288 g/mol. The van der Waals surface area contributed by atoms with Crippen molar-refractivity contribution in [2.75, 3.05) is 12.4 Å². The molecule has 3 aromatic rings. The molecular formula is C15H13FN2OS. The Morgan fingerprint density at radius 1 is 1.20 bits per heavy atom. The zero-order valence-electron chi connectivity index (χ0n) is 11.1. The Bertz CT molecular complexity index is 770. The van der Waals surface area contributed by atoms with Gasteiger partial charge < -0.3 is 10.1 Å². The van der Waals surface area contributed by atoms with Crippen molar-refractivity contribution in [1.29, 1.82) is 0 Å². The topological polar surface area (TPSA) is 34.1 Å². The van der Waals surface area contributed by atoms with Crippen LogP contribution in [0.3, 0.4) is 0 Å². The van der Waals surface area contributed by atoms with Gasteiger partial charge in [0.2, 0.25) is 0 Å². The molecule has 0 bridgehead atoms. The van der Waals surface area contributed by atoms with E-state index in [1.807, 2.05) is 25.1 Å². The fourth-order valence-electron chi connectivity index (χ4n) is 1.97. The number of benzene rings is 2. The van der Waals surface area contributed by atoms with Crippen molar-refractivity contribution < 1.29 is 9.13 Å². The summed E-state index contributed by atoms with van der Waals surface area (Å²) in [6.07, 6.45) is 0. The second-order valence-electron chi connectivity index (χ2n) is 4.44. The number of nitrogens with zero attached hydrogens (tertiary/aromatic N) is 1. The summed E-state index contributed by atoms with van der Waals surface area (Å²) in [5, 5.41) is 4.01. The van der Waals surface area contributed by atoms with Gasteiger partial charge in [-0.05, 0) is 42.8 Å². The molecule has 0 aliphatic rings. The SMILES string of the molecule is COc1ccc(Nc2nc3cc(F)ccc3s2)c(C)c1. The molecule has 0 saturated carbocycles. The number of rotatable bonds is 3. The number of aromatic nitrogens is 1. The van der Waals surface area contributed by atoms with Crippen molar-refractivity contribution in [3.8, 4) is 5.75 Å². The molecule has 20 heavy (non-hydrogen) atoms. The first-order valence-corrected chi connectivity index (χ1v) is 6.95. The molecule has 2 aromatic carbocycles. The highest BCUT2D eigenvalue weighted by Gasteiger charge is 2.07. The second kappa shape index (κ2) is 5.09. The molecule has 3 nitrogen and oxygen atoms in total.